The lowest BCUT2D eigenvalue weighted by atomic mass is 10.0. The molecule has 1 saturated heterocycles. The molecule has 6 nitrogen and oxygen atoms in total. The van der Waals surface area contributed by atoms with Crippen LogP contribution in [0.5, 0.6) is 0 Å². The topological polar surface area (TPSA) is 73.9 Å². The molecule has 0 aliphatic carbocycles. The maximum atomic E-state index is 12.3. The van der Waals surface area contributed by atoms with Crippen molar-refractivity contribution in [2.24, 2.45) is 0 Å². The first-order chi connectivity index (χ1) is 15.2. The number of fused-ring (bicyclic) bond motifs is 1. The van der Waals surface area contributed by atoms with Gasteiger partial charge < -0.3 is 15.2 Å². The fourth-order valence-electron chi connectivity index (χ4n) is 4.16. The highest BCUT2D eigenvalue weighted by Gasteiger charge is 2.26. The van der Waals surface area contributed by atoms with E-state index in [-0.39, 0.29) is 11.9 Å². The Kier molecular flexibility index (Phi) is 7.07. The Morgan fingerprint density at radius 2 is 2.06 bits per heavy atom. The molecule has 0 saturated carbocycles. The van der Waals surface area contributed by atoms with Crippen molar-refractivity contribution in [2.45, 2.75) is 51.0 Å². The van der Waals surface area contributed by atoms with Crippen LogP contribution in [0.3, 0.4) is 0 Å². The number of H-pyrrole nitrogens is 1. The van der Waals surface area contributed by atoms with E-state index in [9.17, 15) is 4.79 Å². The Hall–Kier alpha value is -2.60. The predicted molar refractivity (Wildman–Crippen MR) is 126 cm³/mol. The molecule has 7 heteroatoms. The Morgan fingerprint density at radius 1 is 1.23 bits per heavy atom. The van der Waals surface area contributed by atoms with Crippen molar-refractivity contribution in [3.05, 3.63) is 48.6 Å². The Labute approximate surface area is 188 Å². The van der Waals surface area contributed by atoms with Crippen LogP contribution in [0.25, 0.3) is 22.2 Å². The van der Waals surface area contributed by atoms with Gasteiger partial charge >= 0.3 is 0 Å². The normalized spacial score (nSPS) is 16.8. The van der Waals surface area contributed by atoms with Crippen LogP contribution in [0.1, 0.15) is 44.9 Å². The predicted octanol–water partition coefficient (Wildman–Crippen LogP) is 5.47. The lowest BCUT2D eigenvalue weighted by Crippen LogP contribution is -2.46. The van der Waals surface area contributed by atoms with Crippen molar-refractivity contribution >= 4 is 34.4 Å². The minimum absolute atomic E-state index is 0.134. The molecular weight excluding hydrogens is 410 g/mol. The molecule has 1 unspecified atom stereocenters. The number of rotatable bonds is 9. The van der Waals surface area contributed by atoms with E-state index in [0.29, 0.717) is 29.6 Å². The van der Waals surface area contributed by atoms with E-state index < -0.39 is 0 Å². The number of amides is 1. The number of halogens is 1. The van der Waals surface area contributed by atoms with Gasteiger partial charge in [0.15, 0.2) is 0 Å². The van der Waals surface area contributed by atoms with Crippen LogP contribution in [0.2, 0.25) is 5.02 Å². The molecule has 1 aromatic carbocycles. The van der Waals surface area contributed by atoms with Gasteiger partial charge in [-0.25, -0.2) is 9.97 Å². The molecule has 163 valence electrons. The van der Waals surface area contributed by atoms with Gasteiger partial charge in [0.1, 0.15) is 0 Å². The zero-order valence-corrected chi connectivity index (χ0v) is 18.5. The Bertz CT molecular complexity index is 1030. The molecule has 4 rings (SSSR count). The number of nitrogens with one attached hydrogen (secondary N) is 2. The van der Waals surface area contributed by atoms with Gasteiger partial charge in [0.05, 0.1) is 16.9 Å². The van der Waals surface area contributed by atoms with E-state index >= 15 is 0 Å². The summed E-state index contributed by atoms with van der Waals surface area (Å²) in [6.45, 7) is 5.38. The first kappa shape index (κ1) is 21.6. The second kappa shape index (κ2) is 10.1. The van der Waals surface area contributed by atoms with Crippen LogP contribution in [-0.2, 0) is 4.79 Å². The van der Waals surface area contributed by atoms with Gasteiger partial charge in [0, 0.05) is 48.2 Å². The van der Waals surface area contributed by atoms with Crippen molar-refractivity contribution in [1.29, 1.82) is 0 Å². The lowest BCUT2D eigenvalue weighted by Gasteiger charge is -2.33. The van der Waals surface area contributed by atoms with Gasteiger partial charge in [0.25, 0.3) is 0 Å². The molecule has 2 N–H and O–H groups in total. The van der Waals surface area contributed by atoms with Crippen LogP contribution in [0.15, 0.2) is 36.7 Å². The van der Waals surface area contributed by atoms with Crippen molar-refractivity contribution < 1.29 is 4.79 Å². The zero-order chi connectivity index (χ0) is 21.6. The summed E-state index contributed by atoms with van der Waals surface area (Å²) in [6.07, 6.45) is 10.4. The quantitative estimate of drug-likeness (QED) is 0.434. The number of unbranched alkanes of at least 4 members (excludes halogenated alkanes) is 4. The van der Waals surface area contributed by atoms with E-state index in [1.54, 1.807) is 6.20 Å². The lowest BCUT2D eigenvalue weighted by molar-refractivity contribution is -0.133. The number of benzene rings is 1. The van der Waals surface area contributed by atoms with Gasteiger partial charge in [0.2, 0.25) is 11.9 Å². The molecule has 1 fully saturated rings. The van der Waals surface area contributed by atoms with Crippen LogP contribution >= 0.6 is 11.6 Å². The van der Waals surface area contributed by atoms with E-state index in [1.165, 1.54) is 6.42 Å². The molecule has 1 aliphatic heterocycles. The number of piperidine rings is 1. The first-order valence-corrected chi connectivity index (χ1v) is 11.5. The molecule has 1 atom stereocenters. The number of hydrogen-bond donors (Lipinski definition) is 2. The third kappa shape index (κ3) is 5.18. The summed E-state index contributed by atoms with van der Waals surface area (Å²) in [5.74, 6) is 0.783. The second-order valence-corrected chi connectivity index (χ2v) is 8.53. The average Bonchev–Trinajstić information content (AvgIpc) is 3.21. The van der Waals surface area contributed by atoms with E-state index in [4.69, 9.17) is 16.6 Å². The number of aromatic nitrogens is 3. The highest BCUT2D eigenvalue weighted by atomic mass is 35.5. The highest BCUT2D eigenvalue weighted by Crippen LogP contribution is 2.32. The van der Waals surface area contributed by atoms with E-state index in [0.717, 1.165) is 55.1 Å². The maximum Gasteiger partial charge on any atom is 0.223 e. The number of hydrogen-bond acceptors (Lipinski definition) is 4. The van der Waals surface area contributed by atoms with Gasteiger partial charge in [-0.05, 0) is 18.9 Å². The number of aromatic amines is 1. The smallest absolute Gasteiger partial charge is 0.223 e. The molecule has 1 radical (unpaired) electrons. The highest BCUT2D eigenvalue weighted by molar-refractivity contribution is 6.33. The summed E-state index contributed by atoms with van der Waals surface area (Å²) in [4.78, 5) is 26.7. The summed E-state index contributed by atoms with van der Waals surface area (Å²) >= 11 is 6.44. The van der Waals surface area contributed by atoms with Crippen molar-refractivity contribution in [1.82, 2.24) is 19.9 Å². The standard InChI is InChI=1S/C24H29ClN5O/c1-2-3-4-5-8-13-30-16-17(11-12-22(30)31)28-24-27-15-20(25)23(29-24)19-14-26-21-10-7-6-9-18(19)21/h6-7,9-10,14-15,17,26H,1-5,8,11-13,16H2,(H,27,28,29). The summed E-state index contributed by atoms with van der Waals surface area (Å²) < 4.78 is 0. The van der Waals surface area contributed by atoms with Gasteiger partial charge in [-0.3, -0.25) is 4.79 Å². The number of carbonyl (C=O) groups excluding carboxylic acids is 1. The minimum Gasteiger partial charge on any atom is -0.360 e. The van der Waals surface area contributed by atoms with Crippen LogP contribution in [0.4, 0.5) is 5.95 Å². The van der Waals surface area contributed by atoms with Gasteiger partial charge in [-0.1, -0.05) is 62.4 Å². The number of nitrogens with zero attached hydrogens (tertiary/aromatic N) is 3. The summed E-state index contributed by atoms with van der Waals surface area (Å²) in [5.41, 5.74) is 2.69. The minimum atomic E-state index is 0.134. The van der Waals surface area contributed by atoms with Crippen LogP contribution < -0.4 is 5.32 Å². The van der Waals surface area contributed by atoms with Crippen LogP contribution in [-0.4, -0.2) is 44.9 Å². The molecule has 2 aromatic heterocycles. The molecule has 3 aromatic rings. The average molecular weight is 439 g/mol. The molecule has 1 aliphatic rings. The monoisotopic (exact) mass is 438 g/mol. The molecule has 0 bridgehead atoms. The largest absolute Gasteiger partial charge is 0.360 e. The number of carbonyl (C=O) groups is 1. The number of likely N-dealkylation sites (tertiary alicyclic amines) is 1. The summed E-state index contributed by atoms with van der Waals surface area (Å²) in [7, 11) is 0. The second-order valence-electron chi connectivity index (χ2n) is 8.13. The Morgan fingerprint density at radius 3 is 2.94 bits per heavy atom. The first-order valence-electron chi connectivity index (χ1n) is 11.1. The van der Waals surface area contributed by atoms with Crippen molar-refractivity contribution in [3.8, 4) is 11.3 Å². The third-order valence-electron chi connectivity index (χ3n) is 5.85. The van der Waals surface area contributed by atoms with E-state index in [1.807, 2.05) is 35.4 Å². The zero-order valence-electron chi connectivity index (χ0n) is 17.7. The van der Waals surface area contributed by atoms with Gasteiger partial charge in [-0.2, -0.15) is 0 Å². The van der Waals surface area contributed by atoms with Crippen molar-refractivity contribution in [2.75, 3.05) is 18.4 Å². The maximum absolute atomic E-state index is 12.3. The molecule has 0 spiro atoms. The number of para-hydroxylation sites is 1. The third-order valence-corrected chi connectivity index (χ3v) is 6.13. The molecule has 31 heavy (non-hydrogen) atoms. The summed E-state index contributed by atoms with van der Waals surface area (Å²) in [5, 5.41) is 5.01. The van der Waals surface area contributed by atoms with E-state index in [2.05, 4.69) is 22.2 Å². The fraction of sp³-hybridized carbons (Fsp3) is 0.417. The van der Waals surface area contributed by atoms with Crippen molar-refractivity contribution in [3.63, 3.8) is 0 Å². The van der Waals surface area contributed by atoms with Gasteiger partial charge in [-0.15, -0.1) is 0 Å². The Balaban J connectivity index is 1.43. The fourth-order valence-corrected chi connectivity index (χ4v) is 4.35. The number of anilines is 1. The molecular formula is C24H29ClN5O. The van der Waals surface area contributed by atoms with Crippen LogP contribution in [0, 0.1) is 6.92 Å². The summed E-state index contributed by atoms with van der Waals surface area (Å²) in [6, 6.07) is 8.21. The molecule has 3 heterocycles. The SMILES string of the molecule is [CH2]CCCCCCN1CC(Nc2ncc(Cl)c(-c3c[nH]c4ccccc34)n2)CCC1=O. The molecule has 1 amide bonds.